The summed E-state index contributed by atoms with van der Waals surface area (Å²) < 4.78 is 25.2. The lowest BCUT2D eigenvalue weighted by atomic mass is 10.2. The maximum atomic E-state index is 12.4. The van der Waals surface area contributed by atoms with Crippen LogP contribution in [-0.2, 0) is 14.6 Å². The average molecular weight is 363 g/mol. The van der Waals surface area contributed by atoms with Gasteiger partial charge in [0.25, 0.3) is 0 Å². The standard InChI is InChI=1S/C13H19BrN2O3S/c1-8(2)7-16-13(17)9(3)20(18,19)12-5-4-10(15)6-11(12)14/h4-6,8-9H,7,15H2,1-3H3,(H,16,17). The first kappa shape index (κ1) is 17.0. The molecule has 0 radical (unpaired) electrons. The van der Waals surface area contributed by atoms with E-state index in [1.165, 1.54) is 25.1 Å². The van der Waals surface area contributed by atoms with Gasteiger partial charge in [-0.1, -0.05) is 13.8 Å². The molecule has 0 bridgehead atoms. The van der Waals surface area contributed by atoms with Crippen LogP contribution < -0.4 is 11.1 Å². The Labute approximate surface area is 128 Å². The van der Waals surface area contributed by atoms with E-state index in [-0.39, 0.29) is 10.8 Å². The van der Waals surface area contributed by atoms with Crippen LogP contribution in [0.2, 0.25) is 0 Å². The quantitative estimate of drug-likeness (QED) is 0.783. The van der Waals surface area contributed by atoms with E-state index in [0.717, 1.165) is 0 Å². The largest absolute Gasteiger partial charge is 0.399 e. The van der Waals surface area contributed by atoms with Gasteiger partial charge < -0.3 is 11.1 Å². The molecule has 3 N–H and O–H groups in total. The first-order chi connectivity index (χ1) is 9.16. The van der Waals surface area contributed by atoms with E-state index in [1.807, 2.05) is 13.8 Å². The summed E-state index contributed by atoms with van der Waals surface area (Å²) in [6, 6.07) is 4.41. The summed E-state index contributed by atoms with van der Waals surface area (Å²) in [4.78, 5) is 12.0. The molecule has 0 spiro atoms. The zero-order valence-electron chi connectivity index (χ0n) is 11.7. The number of carbonyl (C=O) groups is 1. The zero-order valence-corrected chi connectivity index (χ0v) is 14.1. The van der Waals surface area contributed by atoms with Crippen LogP contribution in [0.4, 0.5) is 5.69 Å². The van der Waals surface area contributed by atoms with E-state index in [2.05, 4.69) is 21.2 Å². The second-order valence-electron chi connectivity index (χ2n) is 5.02. The minimum Gasteiger partial charge on any atom is -0.399 e. The number of hydrogen-bond acceptors (Lipinski definition) is 4. The number of hydrogen-bond donors (Lipinski definition) is 2. The number of anilines is 1. The Bertz CT molecular complexity index is 600. The molecule has 1 atom stereocenters. The van der Waals surface area contributed by atoms with Crippen LogP contribution in [0.15, 0.2) is 27.6 Å². The Hall–Kier alpha value is -1.08. The molecule has 1 unspecified atom stereocenters. The number of nitrogen functional groups attached to an aromatic ring is 1. The highest BCUT2D eigenvalue weighted by molar-refractivity contribution is 9.10. The van der Waals surface area contributed by atoms with Crippen molar-refractivity contribution in [3.05, 3.63) is 22.7 Å². The van der Waals surface area contributed by atoms with Crippen LogP contribution >= 0.6 is 15.9 Å². The minimum atomic E-state index is -3.75. The van der Waals surface area contributed by atoms with Crippen LogP contribution in [0.25, 0.3) is 0 Å². The van der Waals surface area contributed by atoms with Crippen LogP contribution in [-0.4, -0.2) is 26.1 Å². The van der Waals surface area contributed by atoms with E-state index in [4.69, 9.17) is 5.73 Å². The van der Waals surface area contributed by atoms with Crippen molar-refractivity contribution in [1.29, 1.82) is 0 Å². The molecule has 0 aliphatic rings. The highest BCUT2D eigenvalue weighted by atomic mass is 79.9. The molecule has 1 rings (SSSR count). The van der Waals surface area contributed by atoms with Gasteiger partial charge in [-0.15, -0.1) is 0 Å². The van der Waals surface area contributed by atoms with Crippen LogP contribution in [0.5, 0.6) is 0 Å². The van der Waals surface area contributed by atoms with Crippen LogP contribution in [0, 0.1) is 5.92 Å². The Morgan fingerprint density at radius 2 is 1.95 bits per heavy atom. The molecular formula is C13H19BrN2O3S. The first-order valence-electron chi connectivity index (χ1n) is 6.23. The minimum absolute atomic E-state index is 0.0684. The van der Waals surface area contributed by atoms with Gasteiger partial charge in [0.1, 0.15) is 5.25 Å². The predicted octanol–water partition coefficient (Wildman–Crippen LogP) is 1.97. The number of carbonyl (C=O) groups excluding carboxylic acids is 1. The summed E-state index contributed by atoms with van der Waals surface area (Å²) in [7, 11) is -3.75. The lowest BCUT2D eigenvalue weighted by Crippen LogP contribution is -2.39. The fourth-order valence-electron chi connectivity index (χ4n) is 1.53. The summed E-state index contributed by atoms with van der Waals surface area (Å²) in [6.07, 6.45) is 0. The number of rotatable bonds is 5. The van der Waals surface area contributed by atoms with Gasteiger partial charge >= 0.3 is 0 Å². The van der Waals surface area contributed by atoms with Crippen molar-refractivity contribution < 1.29 is 13.2 Å². The van der Waals surface area contributed by atoms with E-state index in [0.29, 0.717) is 16.7 Å². The van der Waals surface area contributed by atoms with Gasteiger partial charge in [0.05, 0.1) is 4.90 Å². The number of nitrogens with one attached hydrogen (secondary N) is 1. The molecule has 0 fully saturated rings. The van der Waals surface area contributed by atoms with Gasteiger partial charge in [-0.05, 0) is 47.0 Å². The number of amides is 1. The molecule has 0 heterocycles. The Kier molecular flexibility index (Phi) is 5.59. The fraction of sp³-hybridized carbons (Fsp3) is 0.462. The molecule has 20 heavy (non-hydrogen) atoms. The molecule has 0 aliphatic heterocycles. The van der Waals surface area contributed by atoms with E-state index >= 15 is 0 Å². The predicted molar refractivity (Wildman–Crippen MR) is 83.0 cm³/mol. The lowest BCUT2D eigenvalue weighted by molar-refractivity contribution is -0.120. The van der Waals surface area contributed by atoms with Crippen molar-refractivity contribution in [2.75, 3.05) is 12.3 Å². The normalized spacial score (nSPS) is 13.2. The van der Waals surface area contributed by atoms with Crippen molar-refractivity contribution >= 4 is 37.4 Å². The first-order valence-corrected chi connectivity index (χ1v) is 8.56. The van der Waals surface area contributed by atoms with Gasteiger partial charge in [0, 0.05) is 16.7 Å². The van der Waals surface area contributed by atoms with Crippen molar-refractivity contribution in [3.8, 4) is 0 Å². The SMILES string of the molecule is CC(C)CNC(=O)C(C)S(=O)(=O)c1ccc(N)cc1Br. The highest BCUT2D eigenvalue weighted by Gasteiger charge is 2.31. The third-order valence-corrected chi connectivity index (χ3v) is 5.81. The summed E-state index contributed by atoms with van der Waals surface area (Å²) in [5, 5.41) is 1.48. The zero-order chi connectivity index (χ0) is 15.5. The molecule has 0 aromatic heterocycles. The van der Waals surface area contributed by atoms with Crippen molar-refractivity contribution in [2.24, 2.45) is 5.92 Å². The molecule has 7 heteroatoms. The van der Waals surface area contributed by atoms with Gasteiger partial charge in [-0.2, -0.15) is 0 Å². The van der Waals surface area contributed by atoms with Gasteiger partial charge in [0.2, 0.25) is 5.91 Å². The van der Waals surface area contributed by atoms with Crippen LogP contribution in [0.1, 0.15) is 20.8 Å². The Balaban J connectivity index is 3.01. The van der Waals surface area contributed by atoms with E-state index in [1.54, 1.807) is 0 Å². The fourth-order valence-corrected chi connectivity index (χ4v) is 3.94. The number of sulfone groups is 1. The second kappa shape index (κ2) is 6.58. The summed E-state index contributed by atoms with van der Waals surface area (Å²) in [5.41, 5.74) is 6.04. The molecule has 0 saturated carbocycles. The Morgan fingerprint density at radius 1 is 1.35 bits per heavy atom. The van der Waals surface area contributed by atoms with Crippen molar-refractivity contribution in [3.63, 3.8) is 0 Å². The van der Waals surface area contributed by atoms with Crippen LogP contribution in [0.3, 0.4) is 0 Å². The molecular weight excluding hydrogens is 344 g/mol. The third-order valence-electron chi connectivity index (χ3n) is 2.78. The molecule has 1 amide bonds. The second-order valence-corrected chi connectivity index (χ2v) is 8.11. The summed E-state index contributed by atoms with van der Waals surface area (Å²) in [5.74, 6) is -0.237. The number of benzene rings is 1. The lowest BCUT2D eigenvalue weighted by Gasteiger charge is -2.15. The molecule has 0 aliphatic carbocycles. The van der Waals surface area contributed by atoms with E-state index < -0.39 is 21.0 Å². The maximum Gasteiger partial charge on any atom is 0.238 e. The monoisotopic (exact) mass is 362 g/mol. The summed E-state index contributed by atoms with van der Waals surface area (Å²) in [6.45, 7) is 5.71. The van der Waals surface area contributed by atoms with Gasteiger partial charge in [-0.25, -0.2) is 8.42 Å². The Morgan fingerprint density at radius 3 is 2.45 bits per heavy atom. The van der Waals surface area contributed by atoms with Gasteiger partial charge in [0.15, 0.2) is 9.84 Å². The van der Waals surface area contributed by atoms with E-state index in [9.17, 15) is 13.2 Å². The number of halogens is 1. The molecule has 0 saturated heterocycles. The highest BCUT2D eigenvalue weighted by Crippen LogP contribution is 2.27. The summed E-state index contributed by atoms with van der Waals surface area (Å²) >= 11 is 3.17. The topological polar surface area (TPSA) is 89.3 Å². The average Bonchev–Trinajstić information content (AvgIpc) is 2.34. The van der Waals surface area contributed by atoms with Crippen molar-refractivity contribution in [2.45, 2.75) is 30.9 Å². The van der Waals surface area contributed by atoms with Crippen molar-refractivity contribution in [1.82, 2.24) is 5.32 Å². The number of nitrogens with two attached hydrogens (primary N) is 1. The molecule has 112 valence electrons. The smallest absolute Gasteiger partial charge is 0.238 e. The molecule has 5 nitrogen and oxygen atoms in total. The molecule has 1 aromatic rings. The van der Waals surface area contributed by atoms with Gasteiger partial charge in [-0.3, -0.25) is 4.79 Å². The third kappa shape index (κ3) is 3.96. The maximum absolute atomic E-state index is 12.4. The molecule has 1 aromatic carbocycles.